The van der Waals surface area contributed by atoms with E-state index in [0.29, 0.717) is 0 Å². The van der Waals surface area contributed by atoms with Gasteiger partial charge in [0, 0.05) is 5.02 Å². The van der Waals surface area contributed by atoms with Crippen LogP contribution < -0.4 is 0 Å². The van der Waals surface area contributed by atoms with E-state index >= 15 is 0 Å². The average molecular weight is 225 g/mol. The van der Waals surface area contributed by atoms with Gasteiger partial charge in [-0.25, -0.2) is 0 Å². The number of hydrogen-bond donors (Lipinski definition) is 0. The zero-order valence-electron chi connectivity index (χ0n) is 7.48. The lowest BCUT2D eigenvalue weighted by Gasteiger charge is -1.98. The van der Waals surface area contributed by atoms with E-state index in [2.05, 4.69) is 8.75 Å². The van der Waals surface area contributed by atoms with Gasteiger partial charge in [0.15, 0.2) is 0 Å². The normalized spacial score (nSPS) is 10.4. The highest BCUT2D eigenvalue weighted by molar-refractivity contribution is 6.99. The maximum Gasteiger partial charge on any atom is 0.0746 e. The molecule has 0 aliphatic heterocycles. The Balaban J connectivity index is 1.95. The topological polar surface area (TPSA) is 25.8 Å². The molecule has 1 heterocycles. The highest BCUT2D eigenvalue weighted by Gasteiger charge is 1.98. The van der Waals surface area contributed by atoms with Crippen molar-refractivity contribution in [3.05, 3.63) is 46.7 Å². The number of halogens is 1. The Morgan fingerprint density at radius 2 is 1.93 bits per heavy atom. The third kappa shape index (κ3) is 2.53. The molecule has 0 fully saturated rings. The van der Waals surface area contributed by atoms with E-state index in [1.807, 2.05) is 30.5 Å². The van der Waals surface area contributed by atoms with Crippen molar-refractivity contribution in [2.45, 2.75) is 12.8 Å². The van der Waals surface area contributed by atoms with Crippen LogP contribution in [0.15, 0.2) is 30.5 Å². The van der Waals surface area contributed by atoms with Crippen molar-refractivity contribution in [3.8, 4) is 0 Å². The van der Waals surface area contributed by atoms with E-state index in [9.17, 15) is 0 Å². The van der Waals surface area contributed by atoms with Gasteiger partial charge in [-0.2, -0.15) is 8.75 Å². The predicted molar refractivity (Wildman–Crippen MR) is 58.8 cm³/mol. The van der Waals surface area contributed by atoms with Crippen molar-refractivity contribution >= 4 is 23.3 Å². The van der Waals surface area contributed by atoms with E-state index < -0.39 is 0 Å². The Hall–Kier alpha value is -0.930. The van der Waals surface area contributed by atoms with Gasteiger partial charge in [-0.15, -0.1) is 0 Å². The van der Waals surface area contributed by atoms with E-state index in [0.717, 1.165) is 23.6 Å². The molecule has 2 aromatic rings. The summed E-state index contributed by atoms with van der Waals surface area (Å²) in [6.45, 7) is 0. The van der Waals surface area contributed by atoms with Crippen molar-refractivity contribution in [2.24, 2.45) is 0 Å². The van der Waals surface area contributed by atoms with Gasteiger partial charge in [-0.05, 0) is 30.5 Å². The van der Waals surface area contributed by atoms with Crippen LogP contribution in [0.2, 0.25) is 5.02 Å². The molecule has 2 nitrogen and oxygen atoms in total. The quantitative estimate of drug-likeness (QED) is 0.801. The molecular formula is C10H9ClN2S. The summed E-state index contributed by atoms with van der Waals surface area (Å²) in [6, 6.07) is 7.91. The second-order valence-corrected chi connectivity index (χ2v) is 4.02. The van der Waals surface area contributed by atoms with Crippen LogP contribution in [0.5, 0.6) is 0 Å². The fourth-order valence-corrected chi connectivity index (χ4v) is 1.80. The minimum atomic E-state index is 0.782. The Bertz CT molecular complexity index is 383. The summed E-state index contributed by atoms with van der Waals surface area (Å²) in [5, 5.41) is 0.782. The third-order valence-corrected chi connectivity index (χ3v) is 2.76. The standard InChI is InChI=1S/C10H9ClN2S/c11-9-4-1-8(2-5-9)3-6-10-7-12-14-13-10/h1-2,4-5,7H,3,6H2. The first-order valence-electron chi connectivity index (χ1n) is 4.35. The largest absolute Gasteiger partial charge is 0.181 e. The molecule has 0 bridgehead atoms. The van der Waals surface area contributed by atoms with Crippen molar-refractivity contribution in [2.75, 3.05) is 0 Å². The SMILES string of the molecule is Clc1ccc(CCc2cnsn2)cc1. The molecule has 0 atom stereocenters. The van der Waals surface area contributed by atoms with Gasteiger partial charge < -0.3 is 0 Å². The minimum absolute atomic E-state index is 0.782. The molecule has 4 heteroatoms. The van der Waals surface area contributed by atoms with Gasteiger partial charge in [0.1, 0.15) is 0 Å². The van der Waals surface area contributed by atoms with Crippen LogP contribution in [0.1, 0.15) is 11.3 Å². The number of aryl methyl sites for hydroxylation is 2. The lowest BCUT2D eigenvalue weighted by molar-refractivity contribution is 0.932. The Labute approximate surface area is 91.9 Å². The first-order chi connectivity index (χ1) is 6.84. The van der Waals surface area contributed by atoms with Gasteiger partial charge in [0.25, 0.3) is 0 Å². The molecular weight excluding hydrogens is 216 g/mol. The molecule has 0 spiro atoms. The number of nitrogens with zero attached hydrogens (tertiary/aromatic N) is 2. The smallest absolute Gasteiger partial charge is 0.0746 e. The maximum atomic E-state index is 5.79. The Morgan fingerprint density at radius 1 is 1.14 bits per heavy atom. The van der Waals surface area contributed by atoms with Crippen molar-refractivity contribution in [1.82, 2.24) is 8.75 Å². The lowest BCUT2D eigenvalue weighted by atomic mass is 10.1. The third-order valence-electron chi connectivity index (χ3n) is 1.99. The van der Waals surface area contributed by atoms with Crippen LogP contribution in [0, 0.1) is 0 Å². The van der Waals surface area contributed by atoms with Crippen LogP contribution in [0.4, 0.5) is 0 Å². The van der Waals surface area contributed by atoms with Gasteiger partial charge in [0.2, 0.25) is 0 Å². The first-order valence-corrected chi connectivity index (χ1v) is 5.46. The van der Waals surface area contributed by atoms with Crippen LogP contribution in [0.25, 0.3) is 0 Å². The molecule has 0 saturated carbocycles. The summed E-state index contributed by atoms with van der Waals surface area (Å²) in [6.07, 6.45) is 3.75. The second kappa shape index (κ2) is 4.53. The monoisotopic (exact) mass is 224 g/mol. The molecule has 14 heavy (non-hydrogen) atoms. The number of benzene rings is 1. The second-order valence-electron chi connectivity index (χ2n) is 3.03. The van der Waals surface area contributed by atoms with E-state index in [-0.39, 0.29) is 0 Å². The zero-order chi connectivity index (χ0) is 9.80. The van der Waals surface area contributed by atoms with Gasteiger partial charge in [-0.1, -0.05) is 23.7 Å². The van der Waals surface area contributed by atoms with Crippen molar-refractivity contribution < 1.29 is 0 Å². The molecule has 0 unspecified atom stereocenters. The van der Waals surface area contributed by atoms with Crippen LogP contribution in [0.3, 0.4) is 0 Å². The Morgan fingerprint density at radius 3 is 2.57 bits per heavy atom. The van der Waals surface area contributed by atoms with E-state index in [1.165, 1.54) is 17.3 Å². The molecule has 1 aromatic carbocycles. The highest BCUT2D eigenvalue weighted by atomic mass is 35.5. The van der Waals surface area contributed by atoms with Crippen molar-refractivity contribution in [3.63, 3.8) is 0 Å². The highest BCUT2D eigenvalue weighted by Crippen LogP contribution is 2.11. The molecule has 0 N–H and O–H groups in total. The summed E-state index contributed by atoms with van der Waals surface area (Å²) in [7, 11) is 0. The molecule has 0 radical (unpaired) electrons. The molecule has 0 amide bonds. The van der Waals surface area contributed by atoms with Gasteiger partial charge in [0.05, 0.1) is 23.6 Å². The zero-order valence-corrected chi connectivity index (χ0v) is 9.05. The van der Waals surface area contributed by atoms with Gasteiger partial charge >= 0.3 is 0 Å². The van der Waals surface area contributed by atoms with Crippen LogP contribution in [-0.4, -0.2) is 8.75 Å². The first kappa shape index (κ1) is 9.62. The molecule has 0 aliphatic rings. The lowest BCUT2D eigenvalue weighted by Crippen LogP contribution is -1.90. The van der Waals surface area contributed by atoms with Gasteiger partial charge in [-0.3, -0.25) is 0 Å². The van der Waals surface area contributed by atoms with E-state index in [1.54, 1.807) is 0 Å². The minimum Gasteiger partial charge on any atom is -0.181 e. The summed E-state index contributed by atoms with van der Waals surface area (Å²) < 4.78 is 8.11. The summed E-state index contributed by atoms with van der Waals surface area (Å²) in [5.41, 5.74) is 2.34. The number of hydrogen-bond acceptors (Lipinski definition) is 3. The summed E-state index contributed by atoms with van der Waals surface area (Å²) in [5.74, 6) is 0. The summed E-state index contributed by atoms with van der Waals surface area (Å²) >= 11 is 7.05. The molecule has 0 saturated heterocycles. The molecule has 2 rings (SSSR count). The molecule has 72 valence electrons. The predicted octanol–water partition coefficient (Wildman–Crippen LogP) is 2.98. The fraction of sp³-hybridized carbons (Fsp3) is 0.200. The number of aromatic nitrogens is 2. The average Bonchev–Trinajstić information content (AvgIpc) is 2.70. The molecule has 0 aliphatic carbocycles. The fourth-order valence-electron chi connectivity index (χ4n) is 1.22. The maximum absolute atomic E-state index is 5.79. The Kier molecular flexibility index (Phi) is 3.11. The van der Waals surface area contributed by atoms with Crippen LogP contribution in [-0.2, 0) is 12.8 Å². The van der Waals surface area contributed by atoms with Crippen LogP contribution >= 0.6 is 23.3 Å². The van der Waals surface area contributed by atoms with Crippen molar-refractivity contribution in [1.29, 1.82) is 0 Å². The number of rotatable bonds is 3. The molecule has 1 aromatic heterocycles. The summed E-state index contributed by atoms with van der Waals surface area (Å²) in [4.78, 5) is 0. The van der Waals surface area contributed by atoms with E-state index in [4.69, 9.17) is 11.6 Å².